The summed E-state index contributed by atoms with van der Waals surface area (Å²) in [6.45, 7) is 8.97. The number of likely N-dealkylation sites (N-methyl/N-ethyl adjacent to an activating group) is 1. The lowest BCUT2D eigenvalue weighted by Crippen LogP contribution is -2.47. The van der Waals surface area contributed by atoms with Crippen LogP contribution in [0.4, 0.5) is 0 Å². The lowest BCUT2D eigenvalue weighted by atomic mass is 10.3. The first-order valence-corrected chi connectivity index (χ1v) is 8.17. The van der Waals surface area contributed by atoms with Gasteiger partial charge in [0.25, 0.3) is 0 Å². The Bertz CT molecular complexity index is 326. The third-order valence-corrected chi connectivity index (χ3v) is 4.43. The Hall–Kier alpha value is -0.850. The van der Waals surface area contributed by atoms with E-state index in [2.05, 4.69) is 39.4 Å². The predicted molar refractivity (Wildman–Crippen MR) is 86.9 cm³/mol. The van der Waals surface area contributed by atoms with E-state index in [0.29, 0.717) is 6.04 Å². The van der Waals surface area contributed by atoms with Crippen LogP contribution in [0.5, 0.6) is 0 Å². The highest BCUT2D eigenvalue weighted by atomic mass is 16.5. The van der Waals surface area contributed by atoms with Crippen LogP contribution in [-0.4, -0.2) is 87.9 Å². The van der Waals surface area contributed by atoms with E-state index in [1.807, 2.05) is 7.05 Å². The quantitative estimate of drug-likeness (QED) is 0.510. The molecule has 2 aliphatic rings. The number of aliphatic imine (C=N–C) groups is 1. The molecule has 6 heteroatoms. The molecule has 1 unspecified atom stereocenters. The monoisotopic (exact) mass is 297 g/mol. The van der Waals surface area contributed by atoms with E-state index in [-0.39, 0.29) is 0 Å². The highest BCUT2D eigenvalue weighted by molar-refractivity contribution is 5.79. The molecule has 2 rings (SSSR count). The average Bonchev–Trinajstić information content (AvgIpc) is 3.35. The molecule has 0 bridgehead atoms. The second-order valence-electron chi connectivity index (χ2n) is 6.08. The number of hydrogen-bond acceptors (Lipinski definition) is 4. The van der Waals surface area contributed by atoms with Crippen LogP contribution >= 0.6 is 0 Å². The minimum Gasteiger partial charge on any atom is -0.379 e. The zero-order valence-corrected chi connectivity index (χ0v) is 13.8. The van der Waals surface area contributed by atoms with E-state index in [9.17, 15) is 0 Å². The second-order valence-corrected chi connectivity index (χ2v) is 6.08. The van der Waals surface area contributed by atoms with Crippen molar-refractivity contribution in [2.24, 2.45) is 4.99 Å². The highest BCUT2D eigenvalue weighted by Crippen LogP contribution is 2.26. The fourth-order valence-electron chi connectivity index (χ4n) is 2.61. The van der Waals surface area contributed by atoms with E-state index in [1.165, 1.54) is 12.8 Å². The molecule has 0 aromatic heterocycles. The Morgan fingerprint density at radius 1 is 1.33 bits per heavy atom. The summed E-state index contributed by atoms with van der Waals surface area (Å²) in [7, 11) is 4.05. The number of guanidine groups is 1. The van der Waals surface area contributed by atoms with Gasteiger partial charge in [-0.3, -0.25) is 14.8 Å². The van der Waals surface area contributed by atoms with E-state index < -0.39 is 0 Å². The van der Waals surface area contributed by atoms with Crippen LogP contribution in [0, 0.1) is 0 Å². The Morgan fingerprint density at radius 3 is 2.67 bits per heavy atom. The topological polar surface area (TPSA) is 52.1 Å². The van der Waals surface area contributed by atoms with Crippen molar-refractivity contribution >= 4 is 5.96 Å². The van der Waals surface area contributed by atoms with Crippen LogP contribution in [0.3, 0.4) is 0 Å². The highest BCUT2D eigenvalue weighted by Gasteiger charge is 2.28. The zero-order chi connectivity index (χ0) is 15.1. The van der Waals surface area contributed by atoms with Crippen molar-refractivity contribution in [3.8, 4) is 0 Å². The second kappa shape index (κ2) is 8.56. The molecule has 6 nitrogen and oxygen atoms in total. The number of rotatable bonds is 7. The third-order valence-electron chi connectivity index (χ3n) is 4.43. The SMILES string of the molecule is CN=C(NCCN1CCOCC1)NCC(C)N(C)C1CC1. The Kier molecular flexibility index (Phi) is 6.73. The van der Waals surface area contributed by atoms with E-state index in [1.54, 1.807) is 0 Å². The van der Waals surface area contributed by atoms with Crippen LogP contribution < -0.4 is 10.6 Å². The molecule has 1 aliphatic heterocycles. The normalized spacial score (nSPS) is 22.4. The Morgan fingerprint density at radius 2 is 2.05 bits per heavy atom. The fraction of sp³-hybridized carbons (Fsp3) is 0.933. The number of ether oxygens (including phenoxy) is 1. The molecule has 1 saturated heterocycles. The molecule has 2 N–H and O–H groups in total. The third kappa shape index (κ3) is 5.80. The van der Waals surface area contributed by atoms with Crippen LogP contribution in [0.25, 0.3) is 0 Å². The van der Waals surface area contributed by atoms with E-state index in [0.717, 1.165) is 57.9 Å². The van der Waals surface area contributed by atoms with Crippen molar-refractivity contribution in [1.29, 1.82) is 0 Å². The van der Waals surface area contributed by atoms with E-state index >= 15 is 0 Å². The van der Waals surface area contributed by atoms with Crippen molar-refractivity contribution in [1.82, 2.24) is 20.4 Å². The number of nitrogens with zero attached hydrogens (tertiary/aromatic N) is 3. The van der Waals surface area contributed by atoms with Crippen molar-refractivity contribution in [3.05, 3.63) is 0 Å². The van der Waals surface area contributed by atoms with Crippen molar-refractivity contribution in [2.75, 3.05) is 60.0 Å². The summed E-state index contributed by atoms with van der Waals surface area (Å²) in [5.41, 5.74) is 0. The number of morpholine rings is 1. The van der Waals surface area contributed by atoms with Gasteiger partial charge in [-0.1, -0.05) is 0 Å². The first-order chi connectivity index (χ1) is 10.2. The minimum atomic E-state index is 0.537. The molecular formula is C15H31N5O. The molecule has 1 aliphatic carbocycles. The summed E-state index contributed by atoms with van der Waals surface area (Å²) in [5, 5.41) is 6.82. The van der Waals surface area contributed by atoms with E-state index in [4.69, 9.17) is 4.74 Å². The molecule has 21 heavy (non-hydrogen) atoms. The first-order valence-electron chi connectivity index (χ1n) is 8.17. The summed E-state index contributed by atoms with van der Waals surface area (Å²) in [5.74, 6) is 0.902. The minimum absolute atomic E-state index is 0.537. The summed E-state index contributed by atoms with van der Waals surface area (Å²) < 4.78 is 5.36. The van der Waals surface area contributed by atoms with Gasteiger partial charge in [-0.15, -0.1) is 0 Å². The smallest absolute Gasteiger partial charge is 0.191 e. The predicted octanol–water partition coefficient (Wildman–Crippen LogP) is -0.0337. The van der Waals surface area contributed by atoms with Gasteiger partial charge >= 0.3 is 0 Å². The molecule has 122 valence electrons. The summed E-state index contributed by atoms with van der Waals surface area (Å²) in [6.07, 6.45) is 2.71. The van der Waals surface area contributed by atoms with Crippen molar-refractivity contribution < 1.29 is 4.74 Å². The first kappa shape index (κ1) is 16.5. The molecule has 0 aromatic carbocycles. The Labute approximate surface area is 128 Å². The van der Waals surface area contributed by atoms with Gasteiger partial charge in [0.05, 0.1) is 13.2 Å². The van der Waals surface area contributed by atoms with Gasteiger partial charge in [0, 0.05) is 51.9 Å². The number of hydrogen-bond donors (Lipinski definition) is 2. The average molecular weight is 297 g/mol. The van der Waals surface area contributed by atoms with Crippen LogP contribution in [0.2, 0.25) is 0 Å². The zero-order valence-electron chi connectivity index (χ0n) is 13.8. The molecular weight excluding hydrogens is 266 g/mol. The summed E-state index contributed by atoms with van der Waals surface area (Å²) in [6, 6.07) is 1.34. The molecule has 1 saturated carbocycles. The van der Waals surface area contributed by atoms with Crippen molar-refractivity contribution in [2.45, 2.75) is 31.8 Å². The summed E-state index contributed by atoms with van der Waals surface area (Å²) in [4.78, 5) is 9.19. The molecule has 1 heterocycles. The summed E-state index contributed by atoms with van der Waals surface area (Å²) >= 11 is 0. The standard InChI is InChI=1S/C15H31N5O/c1-13(19(3)14-4-5-14)12-18-15(16-2)17-6-7-20-8-10-21-11-9-20/h13-14H,4-12H2,1-3H3,(H2,16,17,18). The van der Waals surface area contributed by atoms with Gasteiger partial charge in [-0.05, 0) is 26.8 Å². The van der Waals surface area contributed by atoms with Crippen LogP contribution in [0.15, 0.2) is 4.99 Å². The maximum absolute atomic E-state index is 5.36. The lowest BCUT2D eigenvalue weighted by molar-refractivity contribution is 0.0389. The molecule has 0 amide bonds. The van der Waals surface area contributed by atoms with Gasteiger partial charge in [0.2, 0.25) is 0 Å². The van der Waals surface area contributed by atoms with Gasteiger partial charge in [0.15, 0.2) is 5.96 Å². The maximum atomic E-state index is 5.36. The van der Waals surface area contributed by atoms with Gasteiger partial charge in [-0.2, -0.15) is 0 Å². The molecule has 0 spiro atoms. The Balaban J connectivity index is 1.58. The fourth-order valence-corrected chi connectivity index (χ4v) is 2.61. The van der Waals surface area contributed by atoms with Crippen LogP contribution in [-0.2, 0) is 4.74 Å². The van der Waals surface area contributed by atoms with Crippen LogP contribution in [0.1, 0.15) is 19.8 Å². The van der Waals surface area contributed by atoms with Crippen molar-refractivity contribution in [3.63, 3.8) is 0 Å². The molecule has 1 atom stereocenters. The molecule has 2 fully saturated rings. The lowest BCUT2D eigenvalue weighted by Gasteiger charge is -2.27. The number of nitrogens with one attached hydrogen (secondary N) is 2. The maximum Gasteiger partial charge on any atom is 0.191 e. The molecule has 0 aromatic rings. The van der Waals surface area contributed by atoms with Gasteiger partial charge in [0.1, 0.15) is 0 Å². The van der Waals surface area contributed by atoms with Gasteiger partial charge in [-0.25, -0.2) is 0 Å². The molecule has 0 radical (unpaired) electrons. The van der Waals surface area contributed by atoms with Gasteiger partial charge < -0.3 is 15.4 Å². The largest absolute Gasteiger partial charge is 0.379 e.